The topological polar surface area (TPSA) is 49.0 Å². The van der Waals surface area contributed by atoms with Crippen LogP contribution in [0.4, 0.5) is 0 Å². The van der Waals surface area contributed by atoms with E-state index in [1.807, 2.05) is 12.1 Å². The van der Waals surface area contributed by atoms with Crippen molar-refractivity contribution >= 4 is 0 Å². The molecule has 1 saturated heterocycles. The summed E-state index contributed by atoms with van der Waals surface area (Å²) in [7, 11) is 3.37. The summed E-state index contributed by atoms with van der Waals surface area (Å²) in [6.07, 6.45) is 2.17. The lowest BCUT2D eigenvalue weighted by Crippen LogP contribution is -2.29. The Morgan fingerprint density at radius 1 is 1.33 bits per heavy atom. The summed E-state index contributed by atoms with van der Waals surface area (Å²) < 4.78 is 22.1. The van der Waals surface area contributed by atoms with Crippen molar-refractivity contribution in [3.05, 3.63) is 23.8 Å². The van der Waals surface area contributed by atoms with Crippen LogP contribution in [-0.4, -0.2) is 46.7 Å². The lowest BCUT2D eigenvalue weighted by molar-refractivity contribution is 0.00599. The molecule has 1 aliphatic heterocycles. The minimum absolute atomic E-state index is 0.104. The molecule has 1 heterocycles. The minimum Gasteiger partial charge on any atom is -0.493 e. The van der Waals surface area contributed by atoms with Crippen molar-refractivity contribution < 1.29 is 18.9 Å². The molecule has 0 bridgehead atoms. The monoisotopic (exact) mass is 295 g/mol. The maximum absolute atomic E-state index is 6.14. The van der Waals surface area contributed by atoms with E-state index in [0.717, 1.165) is 49.6 Å². The maximum Gasteiger partial charge on any atom is 0.166 e. The third kappa shape index (κ3) is 4.88. The molecule has 1 aliphatic rings. The summed E-state index contributed by atoms with van der Waals surface area (Å²) in [4.78, 5) is 0. The molecule has 1 N–H and O–H groups in total. The minimum atomic E-state index is 0.104. The van der Waals surface area contributed by atoms with Crippen LogP contribution in [0.15, 0.2) is 18.2 Å². The van der Waals surface area contributed by atoms with Gasteiger partial charge in [0.2, 0.25) is 0 Å². The molecule has 0 saturated carbocycles. The highest BCUT2D eigenvalue weighted by Gasteiger charge is 2.19. The Kier molecular flexibility index (Phi) is 6.79. The molecule has 2 rings (SSSR count). The normalized spacial score (nSPS) is 18.5. The second-order valence-electron chi connectivity index (χ2n) is 5.08. The van der Waals surface area contributed by atoms with Crippen molar-refractivity contribution in [2.75, 3.05) is 40.6 Å². The summed E-state index contributed by atoms with van der Waals surface area (Å²) >= 11 is 0. The predicted molar refractivity (Wildman–Crippen MR) is 81.0 cm³/mol. The lowest BCUT2D eigenvalue weighted by Gasteiger charge is -2.25. The van der Waals surface area contributed by atoms with E-state index in [1.54, 1.807) is 14.2 Å². The Bertz CT molecular complexity index is 419. The highest BCUT2D eigenvalue weighted by molar-refractivity contribution is 5.46. The molecule has 1 fully saturated rings. The fourth-order valence-corrected chi connectivity index (χ4v) is 2.36. The zero-order chi connectivity index (χ0) is 14.9. The molecule has 1 atom stereocenters. The van der Waals surface area contributed by atoms with Gasteiger partial charge in [-0.3, -0.25) is 0 Å². The zero-order valence-electron chi connectivity index (χ0n) is 12.9. The molecular formula is C16H25NO4. The lowest BCUT2D eigenvalue weighted by atomic mass is 10.1. The average molecular weight is 295 g/mol. The first-order valence-corrected chi connectivity index (χ1v) is 7.45. The standard InChI is InChI=1S/C16H25NO4/c1-18-10-8-17-11-13-5-3-7-15(19-2)16(13)21-14-6-4-9-20-12-14/h3,5,7,14,17H,4,6,8-12H2,1-2H3. The molecule has 118 valence electrons. The van der Waals surface area contributed by atoms with Crippen LogP contribution in [0.25, 0.3) is 0 Å². The van der Waals surface area contributed by atoms with Gasteiger partial charge in [-0.15, -0.1) is 0 Å². The van der Waals surface area contributed by atoms with Crippen molar-refractivity contribution in [3.8, 4) is 11.5 Å². The molecule has 0 spiro atoms. The zero-order valence-corrected chi connectivity index (χ0v) is 12.9. The summed E-state index contributed by atoms with van der Waals surface area (Å²) in [6.45, 7) is 3.70. The van der Waals surface area contributed by atoms with E-state index >= 15 is 0 Å². The molecule has 21 heavy (non-hydrogen) atoms. The molecule has 0 radical (unpaired) electrons. The van der Waals surface area contributed by atoms with Crippen molar-refractivity contribution in [3.63, 3.8) is 0 Å². The van der Waals surface area contributed by atoms with Gasteiger partial charge in [-0.1, -0.05) is 12.1 Å². The first-order chi connectivity index (χ1) is 10.3. The van der Waals surface area contributed by atoms with Crippen LogP contribution in [0.2, 0.25) is 0 Å². The Labute approximate surface area is 126 Å². The van der Waals surface area contributed by atoms with E-state index < -0.39 is 0 Å². The maximum atomic E-state index is 6.14. The van der Waals surface area contributed by atoms with Crippen molar-refractivity contribution in [1.82, 2.24) is 5.32 Å². The van der Waals surface area contributed by atoms with Gasteiger partial charge in [-0.25, -0.2) is 0 Å². The molecule has 1 unspecified atom stereocenters. The van der Waals surface area contributed by atoms with Gasteiger partial charge in [0.1, 0.15) is 6.10 Å². The van der Waals surface area contributed by atoms with Crippen LogP contribution in [0.3, 0.4) is 0 Å². The van der Waals surface area contributed by atoms with Crippen LogP contribution < -0.4 is 14.8 Å². The Morgan fingerprint density at radius 3 is 2.95 bits per heavy atom. The van der Waals surface area contributed by atoms with E-state index in [4.69, 9.17) is 18.9 Å². The SMILES string of the molecule is COCCNCc1cccc(OC)c1OC1CCCOC1. The van der Waals surface area contributed by atoms with Crippen molar-refractivity contribution in [1.29, 1.82) is 0 Å². The number of rotatable bonds is 8. The first-order valence-electron chi connectivity index (χ1n) is 7.45. The van der Waals surface area contributed by atoms with E-state index in [0.29, 0.717) is 13.2 Å². The molecule has 1 aromatic carbocycles. The number of methoxy groups -OCH3 is 2. The van der Waals surface area contributed by atoms with E-state index in [9.17, 15) is 0 Å². The highest BCUT2D eigenvalue weighted by atomic mass is 16.5. The Balaban J connectivity index is 2.03. The molecule has 0 amide bonds. The predicted octanol–water partition coefficient (Wildman–Crippen LogP) is 1.99. The van der Waals surface area contributed by atoms with Gasteiger partial charge in [0.05, 0.1) is 20.3 Å². The van der Waals surface area contributed by atoms with Crippen molar-refractivity contribution in [2.45, 2.75) is 25.5 Å². The van der Waals surface area contributed by atoms with Gasteiger partial charge >= 0.3 is 0 Å². The van der Waals surface area contributed by atoms with Crippen LogP contribution in [0.5, 0.6) is 11.5 Å². The van der Waals surface area contributed by atoms with E-state index in [2.05, 4.69) is 11.4 Å². The number of ether oxygens (including phenoxy) is 4. The quantitative estimate of drug-likeness (QED) is 0.743. The summed E-state index contributed by atoms with van der Waals surface area (Å²) in [5.74, 6) is 1.59. The second kappa shape index (κ2) is 8.87. The summed E-state index contributed by atoms with van der Waals surface area (Å²) in [6, 6.07) is 5.97. The molecule has 1 aromatic rings. The van der Waals surface area contributed by atoms with Crippen LogP contribution in [0.1, 0.15) is 18.4 Å². The summed E-state index contributed by atoms with van der Waals surface area (Å²) in [5, 5.41) is 3.34. The van der Waals surface area contributed by atoms with Crippen LogP contribution in [-0.2, 0) is 16.0 Å². The van der Waals surface area contributed by atoms with Gasteiger partial charge < -0.3 is 24.3 Å². The van der Waals surface area contributed by atoms with Crippen LogP contribution in [0, 0.1) is 0 Å². The molecule has 0 aromatic heterocycles. The fraction of sp³-hybridized carbons (Fsp3) is 0.625. The highest BCUT2D eigenvalue weighted by Crippen LogP contribution is 2.33. The van der Waals surface area contributed by atoms with Gasteiger partial charge in [0.15, 0.2) is 11.5 Å². The number of benzene rings is 1. The molecule has 5 nitrogen and oxygen atoms in total. The number of hydrogen-bond donors (Lipinski definition) is 1. The third-order valence-electron chi connectivity index (χ3n) is 3.48. The fourth-order valence-electron chi connectivity index (χ4n) is 2.36. The van der Waals surface area contributed by atoms with E-state index in [1.165, 1.54) is 0 Å². The number of nitrogens with one attached hydrogen (secondary N) is 1. The molecule has 0 aliphatic carbocycles. The van der Waals surface area contributed by atoms with Gasteiger partial charge in [-0.2, -0.15) is 0 Å². The third-order valence-corrected chi connectivity index (χ3v) is 3.48. The van der Waals surface area contributed by atoms with Gasteiger partial charge in [-0.05, 0) is 18.9 Å². The Morgan fingerprint density at radius 2 is 2.24 bits per heavy atom. The smallest absolute Gasteiger partial charge is 0.166 e. The number of hydrogen-bond acceptors (Lipinski definition) is 5. The van der Waals surface area contributed by atoms with Crippen LogP contribution >= 0.6 is 0 Å². The Hall–Kier alpha value is -1.30. The molecular weight excluding hydrogens is 270 g/mol. The number of para-hydroxylation sites is 1. The summed E-state index contributed by atoms with van der Waals surface area (Å²) in [5.41, 5.74) is 1.09. The van der Waals surface area contributed by atoms with Gasteiger partial charge in [0.25, 0.3) is 0 Å². The first kappa shape index (κ1) is 16.1. The van der Waals surface area contributed by atoms with Gasteiger partial charge in [0, 0.05) is 32.4 Å². The molecule has 5 heteroatoms. The van der Waals surface area contributed by atoms with E-state index in [-0.39, 0.29) is 6.10 Å². The van der Waals surface area contributed by atoms with Crippen molar-refractivity contribution in [2.24, 2.45) is 0 Å². The largest absolute Gasteiger partial charge is 0.493 e. The second-order valence-corrected chi connectivity index (χ2v) is 5.08. The average Bonchev–Trinajstić information content (AvgIpc) is 2.53.